The maximum Gasteiger partial charge on any atom is 0.229 e. The van der Waals surface area contributed by atoms with Crippen LogP contribution in [-0.2, 0) is 6.54 Å². The minimum Gasteiger partial charge on any atom is -0.339 e. The molecule has 2 aromatic heterocycles. The van der Waals surface area contributed by atoms with Gasteiger partial charge in [0.25, 0.3) is 0 Å². The van der Waals surface area contributed by atoms with E-state index < -0.39 is 0 Å². The quantitative estimate of drug-likeness (QED) is 0.362. The number of thiazole rings is 1. The summed E-state index contributed by atoms with van der Waals surface area (Å²) in [7, 11) is 0. The maximum atomic E-state index is 6.35. The first-order valence-corrected chi connectivity index (χ1v) is 11.8. The molecule has 0 spiro atoms. The third-order valence-corrected chi connectivity index (χ3v) is 6.63. The molecule has 1 saturated heterocycles. The second-order valence-electron chi connectivity index (χ2n) is 7.99. The van der Waals surface area contributed by atoms with Gasteiger partial charge in [-0.05, 0) is 61.8 Å². The van der Waals surface area contributed by atoms with Crippen LogP contribution in [-0.4, -0.2) is 39.0 Å². The monoisotopic (exact) mass is 465 g/mol. The average molecular weight is 466 g/mol. The molecule has 9 heteroatoms. The van der Waals surface area contributed by atoms with Gasteiger partial charge >= 0.3 is 0 Å². The van der Waals surface area contributed by atoms with Crippen LogP contribution in [0.15, 0.2) is 54.2 Å². The fourth-order valence-electron chi connectivity index (χ4n) is 3.83. The lowest BCUT2D eigenvalue weighted by Gasteiger charge is -2.30. The summed E-state index contributed by atoms with van der Waals surface area (Å²) in [4.78, 5) is 15.7. The van der Waals surface area contributed by atoms with Gasteiger partial charge in [-0.2, -0.15) is 4.98 Å². The van der Waals surface area contributed by atoms with Gasteiger partial charge in [0.1, 0.15) is 5.02 Å². The van der Waals surface area contributed by atoms with Crippen molar-refractivity contribution in [1.29, 1.82) is 0 Å². The highest BCUT2D eigenvalue weighted by molar-refractivity contribution is 7.16. The number of rotatable bonds is 6. The standard InChI is InChI=1S/C23H24ClN7S/c24-19-12-26-23(30-22(19)28-18-4-5-20-21(11-18)32-14-27-20)29-17-3-1-2-15(10-17)13-31-8-6-16(25)7-9-31/h1-5,10-12,14,16H,6-9,13,25H2,(H2,26,28,29,30). The van der Waals surface area contributed by atoms with Crippen LogP contribution in [0.1, 0.15) is 18.4 Å². The van der Waals surface area contributed by atoms with Crippen LogP contribution in [0.4, 0.5) is 23.1 Å². The molecule has 4 N–H and O–H groups in total. The van der Waals surface area contributed by atoms with Gasteiger partial charge in [0, 0.05) is 24.0 Å². The van der Waals surface area contributed by atoms with Crippen LogP contribution in [0.2, 0.25) is 5.02 Å². The van der Waals surface area contributed by atoms with Crippen molar-refractivity contribution in [1.82, 2.24) is 19.9 Å². The molecular weight excluding hydrogens is 442 g/mol. The smallest absolute Gasteiger partial charge is 0.229 e. The highest BCUT2D eigenvalue weighted by Gasteiger charge is 2.16. The lowest BCUT2D eigenvalue weighted by Crippen LogP contribution is -2.39. The van der Waals surface area contributed by atoms with Crippen molar-refractivity contribution in [3.05, 3.63) is 64.8 Å². The van der Waals surface area contributed by atoms with E-state index in [1.807, 2.05) is 35.8 Å². The van der Waals surface area contributed by atoms with Gasteiger partial charge in [0.15, 0.2) is 5.82 Å². The molecule has 7 nitrogen and oxygen atoms in total. The van der Waals surface area contributed by atoms with Crippen LogP contribution >= 0.6 is 22.9 Å². The Labute approximate surface area is 195 Å². The predicted octanol–water partition coefficient (Wildman–Crippen LogP) is 5.15. The van der Waals surface area contributed by atoms with Crippen molar-refractivity contribution in [2.24, 2.45) is 5.73 Å². The second kappa shape index (κ2) is 9.38. The van der Waals surface area contributed by atoms with Crippen molar-refractivity contribution in [3.8, 4) is 0 Å². The number of piperidine rings is 1. The fraction of sp³-hybridized carbons (Fsp3) is 0.261. The molecule has 1 fully saturated rings. The SMILES string of the molecule is NC1CCN(Cc2cccc(Nc3ncc(Cl)c(Nc4ccc5ncsc5c4)n3)c2)CC1. The molecule has 0 radical (unpaired) electrons. The summed E-state index contributed by atoms with van der Waals surface area (Å²) in [5.74, 6) is 1.03. The third-order valence-electron chi connectivity index (χ3n) is 5.56. The zero-order chi connectivity index (χ0) is 21.9. The van der Waals surface area contributed by atoms with Gasteiger partial charge in [0.05, 0.1) is 21.9 Å². The lowest BCUT2D eigenvalue weighted by atomic mass is 10.1. The number of aromatic nitrogens is 3. The first kappa shape index (κ1) is 21.1. The number of nitrogens with one attached hydrogen (secondary N) is 2. The molecule has 5 rings (SSSR count). The molecule has 0 atom stereocenters. The van der Waals surface area contributed by atoms with Gasteiger partial charge in [-0.3, -0.25) is 4.90 Å². The van der Waals surface area contributed by atoms with Crippen LogP contribution in [0.25, 0.3) is 10.2 Å². The van der Waals surface area contributed by atoms with Crippen molar-refractivity contribution < 1.29 is 0 Å². The van der Waals surface area contributed by atoms with Gasteiger partial charge < -0.3 is 16.4 Å². The molecule has 1 aliphatic heterocycles. The molecule has 0 bridgehead atoms. The van der Waals surface area contributed by atoms with E-state index in [4.69, 9.17) is 17.3 Å². The Morgan fingerprint density at radius 1 is 1.06 bits per heavy atom. The Balaban J connectivity index is 1.29. The zero-order valence-corrected chi connectivity index (χ0v) is 19.0. The average Bonchev–Trinajstić information content (AvgIpc) is 3.26. The molecule has 32 heavy (non-hydrogen) atoms. The van der Waals surface area contributed by atoms with Crippen LogP contribution in [0.5, 0.6) is 0 Å². The lowest BCUT2D eigenvalue weighted by molar-refractivity contribution is 0.205. The molecular formula is C23H24ClN7S. The highest BCUT2D eigenvalue weighted by atomic mass is 35.5. The van der Waals surface area contributed by atoms with E-state index >= 15 is 0 Å². The number of hydrogen-bond donors (Lipinski definition) is 3. The summed E-state index contributed by atoms with van der Waals surface area (Å²) < 4.78 is 1.10. The van der Waals surface area contributed by atoms with E-state index in [0.29, 0.717) is 22.8 Å². The summed E-state index contributed by atoms with van der Waals surface area (Å²) >= 11 is 7.95. The van der Waals surface area contributed by atoms with E-state index in [1.54, 1.807) is 17.5 Å². The molecule has 0 amide bonds. The van der Waals surface area contributed by atoms with Gasteiger partial charge in [-0.25, -0.2) is 9.97 Å². The van der Waals surface area contributed by atoms with E-state index in [0.717, 1.165) is 54.1 Å². The Hall–Kier alpha value is -2.78. The Kier molecular flexibility index (Phi) is 6.18. The highest BCUT2D eigenvalue weighted by Crippen LogP contribution is 2.28. The first-order chi connectivity index (χ1) is 15.6. The fourth-order valence-corrected chi connectivity index (χ4v) is 4.68. The van der Waals surface area contributed by atoms with Crippen molar-refractivity contribution >= 4 is 56.3 Å². The normalized spacial score (nSPS) is 15.2. The van der Waals surface area contributed by atoms with Crippen molar-refractivity contribution in [3.63, 3.8) is 0 Å². The molecule has 4 aromatic rings. The minimum atomic E-state index is 0.341. The number of halogens is 1. The molecule has 1 aliphatic rings. The largest absolute Gasteiger partial charge is 0.339 e. The summed E-state index contributed by atoms with van der Waals surface area (Å²) in [6.07, 6.45) is 3.72. The number of nitrogens with zero attached hydrogens (tertiary/aromatic N) is 4. The Bertz CT molecular complexity index is 1220. The molecule has 0 saturated carbocycles. The van der Waals surface area contributed by atoms with Crippen LogP contribution < -0.4 is 16.4 Å². The summed E-state index contributed by atoms with van der Waals surface area (Å²) in [5, 5.41) is 7.04. The van der Waals surface area contributed by atoms with Crippen molar-refractivity contribution in [2.75, 3.05) is 23.7 Å². The first-order valence-electron chi connectivity index (χ1n) is 10.6. The van der Waals surface area contributed by atoms with E-state index in [9.17, 15) is 0 Å². The number of benzene rings is 2. The van der Waals surface area contributed by atoms with Crippen LogP contribution in [0, 0.1) is 0 Å². The van der Waals surface area contributed by atoms with Crippen molar-refractivity contribution in [2.45, 2.75) is 25.4 Å². The topological polar surface area (TPSA) is 92.0 Å². The Morgan fingerprint density at radius 2 is 1.91 bits per heavy atom. The maximum absolute atomic E-state index is 6.35. The van der Waals surface area contributed by atoms with Gasteiger partial charge in [0.2, 0.25) is 5.95 Å². The zero-order valence-electron chi connectivity index (χ0n) is 17.5. The molecule has 164 valence electrons. The summed E-state index contributed by atoms with van der Waals surface area (Å²) in [6.45, 7) is 3.00. The molecule has 3 heterocycles. The number of likely N-dealkylation sites (tertiary alicyclic amines) is 1. The second-order valence-corrected chi connectivity index (χ2v) is 9.28. The van der Waals surface area contributed by atoms with Gasteiger partial charge in [-0.1, -0.05) is 23.7 Å². The van der Waals surface area contributed by atoms with E-state index in [1.165, 1.54) is 5.56 Å². The number of nitrogens with two attached hydrogens (primary N) is 1. The predicted molar refractivity (Wildman–Crippen MR) is 132 cm³/mol. The van der Waals surface area contributed by atoms with E-state index in [-0.39, 0.29) is 0 Å². The van der Waals surface area contributed by atoms with E-state index in [2.05, 4.69) is 42.6 Å². The van der Waals surface area contributed by atoms with Crippen LogP contribution in [0.3, 0.4) is 0 Å². The Morgan fingerprint density at radius 3 is 2.78 bits per heavy atom. The molecule has 0 unspecified atom stereocenters. The number of hydrogen-bond acceptors (Lipinski definition) is 8. The molecule has 0 aliphatic carbocycles. The summed E-state index contributed by atoms with van der Waals surface area (Å²) in [5.41, 5.74) is 11.9. The minimum absolute atomic E-state index is 0.341. The molecule has 2 aromatic carbocycles. The third kappa shape index (κ3) is 4.99. The summed E-state index contributed by atoms with van der Waals surface area (Å²) in [6, 6.07) is 14.7. The number of anilines is 4. The number of fused-ring (bicyclic) bond motifs is 1. The van der Waals surface area contributed by atoms with Gasteiger partial charge in [-0.15, -0.1) is 11.3 Å².